The number of hydrogen-bond donors (Lipinski definition) is 0. The Bertz CT molecular complexity index is 854. The molecule has 0 radical (unpaired) electrons. The molecule has 0 amide bonds. The molecule has 0 fully saturated rings. The molecule has 1 aromatic heterocycles. The first-order chi connectivity index (χ1) is 12.2. The maximum atomic E-state index is 5.78. The molecule has 0 aliphatic rings. The number of rotatable bonds is 6. The third-order valence-electron chi connectivity index (χ3n) is 3.86. The van der Waals surface area contributed by atoms with Crippen molar-refractivity contribution in [1.82, 2.24) is 9.97 Å². The zero-order valence-electron chi connectivity index (χ0n) is 14.2. The highest BCUT2D eigenvalue weighted by atomic mass is 79.9. The van der Waals surface area contributed by atoms with Crippen LogP contribution in [0.2, 0.25) is 0 Å². The molecule has 2 aromatic carbocycles. The first-order valence-corrected chi connectivity index (χ1v) is 8.90. The lowest BCUT2D eigenvalue weighted by Crippen LogP contribution is -2.04. The van der Waals surface area contributed by atoms with E-state index in [1.54, 1.807) is 6.20 Å². The number of nitrogens with zero attached hydrogens (tertiary/aromatic N) is 2. The average Bonchev–Trinajstić information content (AvgIpc) is 2.64. The SMILES string of the molecule is CCOc1nc(OCc2cccc(-c3ccccc3)c2C)ncc1Br. The van der Waals surface area contributed by atoms with Crippen molar-refractivity contribution in [2.75, 3.05) is 6.61 Å². The molecule has 0 aliphatic carbocycles. The van der Waals surface area contributed by atoms with Crippen LogP contribution in [0, 0.1) is 6.92 Å². The van der Waals surface area contributed by atoms with Gasteiger partial charge in [0.05, 0.1) is 17.3 Å². The Kier molecular flexibility index (Phi) is 5.66. The lowest BCUT2D eigenvalue weighted by atomic mass is 9.97. The summed E-state index contributed by atoms with van der Waals surface area (Å²) in [4.78, 5) is 8.47. The number of hydrogen-bond acceptors (Lipinski definition) is 4. The minimum absolute atomic E-state index is 0.302. The van der Waals surface area contributed by atoms with E-state index in [-0.39, 0.29) is 0 Å². The van der Waals surface area contributed by atoms with Crippen molar-refractivity contribution in [2.45, 2.75) is 20.5 Å². The highest BCUT2D eigenvalue weighted by Gasteiger charge is 2.10. The monoisotopic (exact) mass is 398 g/mol. The van der Waals surface area contributed by atoms with Gasteiger partial charge in [0.15, 0.2) is 0 Å². The Labute approximate surface area is 156 Å². The molecule has 0 spiro atoms. The Morgan fingerprint density at radius 2 is 1.80 bits per heavy atom. The maximum absolute atomic E-state index is 5.78. The van der Waals surface area contributed by atoms with Crippen LogP contribution in [0.15, 0.2) is 59.2 Å². The largest absolute Gasteiger partial charge is 0.477 e. The fourth-order valence-corrected chi connectivity index (χ4v) is 2.86. The van der Waals surface area contributed by atoms with Gasteiger partial charge in [-0.05, 0) is 52.0 Å². The molecule has 3 rings (SSSR count). The van der Waals surface area contributed by atoms with E-state index in [2.05, 4.69) is 57.1 Å². The van der Waals surface area contributed by atoms with E-state index in [4.69, 9.17) is 9.47 Å². The van der Waals surface area contributed by atoms with Crippen LogP contribution in [-0.4, -0.2) is 16.6 Å². The van der Waals surface area contributed by atoms with Crippen LogP contribution < -0.4 is 9.47 Å². The Morgan fingerprint density at radius 3 is 2.56 bits per heavy atom. The van der Waals surface area contributed by atoms with E-state index < -0.39 is 0 Å². The summed E-state index contributed by atoms with van der Waals surface area (Å²) in [6.07, 6.45) is 1.64. The minimum atomic E-state index is 0.302. The smallest absolute Gasteiger partial charge is 0.320 e. The third-order valence-corrected chi connectivity index (χ3v) is 4.40. The van der Waals surface area contributed by atoms with E-state index in [1.807, 2.05) is 31.2 Å². The summed E-state index contributed by atoms with van der Waals surface area (Å²) in [6.45, 7) is 4.95. The van der Waals surface area contributed by atoms with E-state index in [1.165, 1.54) is 16.7 Å². The molecule has 0 saturated carbocycles. The van der Waals surface area contributed by atoms with E-state index in [0.29, 0.717) is 29.6 Å². The Balaban J connectivity index is 1.79. The molecule has 128 valence electrons. The van der Waals surface area contributed by atoms with Gasteiger partial charge in [-0.25, -0.2) is 4.98 Å². The summed E-state index contributed by atoms with van der Waals surface area (Å²) in [5.74, 6) is 0.488. The fraction of sp³-hybridized carbons (Fsp3) is 0.200. The molecule has 3 aromatic rings. The van der Waals surface area contributed by atoms with Gasteiger partial charge < -0.3 is 9.47 Å². The van der Waals surface area contributed by atoms with Gasteiger partial charge in [0.2, 0.25) is 5.88 Å². The summed E-state index contributed by atoms with van der Waals surface area (Å²) in [5, 5.41) is 0. The van der Waals surface area contributed by atoms with Gasteiger partial charge in [0, 0.05) is 0 Å². The van der Waals surface area contributed by atoms with Gasteiger partial charge in [0.25, 0.3) is 0 Å². The second-order valence-electron chi connectivity index (χ2n) is 5.48. The van der Waals surface area contributed by atoms with E-state index in [0.717, 1.165) is 5.56 Å². The van der Waals surface area contributed by atoms with Crippen molar-refractivity contribution in [1.29, 1.82) is 0 Å². The molecule has 1 heterocycles. The average molecular weight is 399 g/mol. The highest BCUT2D eigenvalue weighted by molar-refractivity contribution is 9.10. The van der Waals surface area contributed by atoms with Gasteiger partial charge in [-0.15, -0.1) is 0 Å². The highest BCUT2D eigenvalue weighted by Crippen LogP contribution is 2.27. The lowest BCUT2D eigenvalue weighted by molar-refractivity contribution is 0.265. The second kappa shape index (κ2) is 8.12. The molecular weight excluding hydrogens is 380 g/mol. The van der Waals surface area contributed by atoms with Crippen LogP contribution in [0.5, 0.6) is 11.9 Å². The first kappa shape index (κ1) is 17.4. The summed E-state index contributed by atoms with van der Waals surface area (Å²) in [7, 11) is 0. The normalized spacial score (nSPS) is 10.5. The topological polar surface area (TPSA) is 44.2 Å². The van der Waals surface area contributed by atoms with E-state index in [9.17, 15) is 0 Å². The summed E-state index contributed by atoms with van der Waals surface area (Å²) >= 11 is 3.37. The van der Waals surface area contributed by atoms with Crippen molar-refractivity contribution >= 4 is 15.9 Å². The van der Waals surface area contributed by atoms with Crippen LogP contribution in [0.4, 0.5) is 0 Å². The maximum Gasteiger partial charge on any atom is 0.320 e. The first-order valence-electron chi connectivity index (χ1n) is 8.11. The molecule has 0 aliphatic heterocycles. The molecule has 0 bridgehead atoms. The predicted molar refractivity (Wildman–Crippen MR) is 102 cm³/mol. The summed E-state index contributed by atoms with van der Waals surface area (Å²) in [5.41, 5.74) is 4.69. The Hall–Kier alpha value is -2.40. The molecule has 25 heavy (non-hydrogen) atoms. The predicted octanol–water partition coefficient (Wildman–Crippen LogP) is 5.19. The molecule has 0 N–H and O–H groups in total. The van der Waals surface area contributed by atoms with Gasteiger partial charge in [-0.2, -0.15) is 4.98 Å². The standard InChI is InChI=1S/C20H19BrN2O2/c1-3-24-19-18(21)12-22-20(23-19)25-13-16-10-7-11-17(14(16)2)15-8-5-4-6-9-15/h4-12H,3,13H2,1-2H3. The van der Waals surface area contributed by atoms with Gasteiger partial charge >= 0.3 is 6.01 Å². The van der Waals surface area contributed by atoms with Crippen molar-refractivity contribution in [3.8, 4) is 23.0 Å². The Morgan fingerprint density at radius 1 is 1.00 bits per heavy atom. The van der Waals surface area contributed by atoms with Crippen LogP contribution >= 0.6 is 15.9 Å². The molecule has 0 unspecified atom stereocenters. The summed E-state index contributed by atoms with van der Waals surface area (Å²) in [6, 6.07) is 16.9. The van der Waals surface area contributed by atoms with Gasteiger partial charge in [0.1, 0.15) is 6.61 Å². The molecule has 0 saturated heterocycles. The molecule has 5 heteroatoms. The molecule has 0 atom stereocenters. The van der Waals surface area contributed by atoms with Crippen LogP contribution in [0.1, 0.15) is 18.1 Å². The third kappa shape index (κ3) is 4.17. The number of benzene rings is 2. The van der Waals surface area contributed by atoms with Crippen molar-refractivity contribution in [2.24, 2.45) is 0 Å². The number of halogens is 1. The lowest BCUT2D eigenvalue weighted by Gasteiger charge is -2.12. The zero-order chi connectivity index (χ0) is 17.6. The quantitative estimate of drug-likeness (QED) is 0.572. The second-order valence-corrected chi connectivity index (χ2v) is 6.34. The number of aromatic nitrogens is 2. The van der Waals surface area contributed by atoms with Crippen LogP contribution in [-0.2, 0) is 6.61 Å². The molecular formula is C20H19BrN2O2. The summed E-state index contributed by atoms with van der Waals surface area (Å²) < 4.78 is 11.9. The van der Waals surface area contributed by atoms with Crippen molar-refractivity contribution in [3.63, 3.8) is 0 Å². The van der Waals surface area contributed by atoms with Crippen LogP contribution in [0.25, 0.3) is 11.1 Å². The van der Waals surface area contributed by atoms with Gasteiger partial charge in [-0.3, -0.25) is 0 Å². The van der Waals surface area contributed by atoms with Crippen molar-refractivity contribution < 1.29 is 9.47 Å². The minimum Gasteiger partial charge on any atom is -0.477 e. The van der Waals surface area contributed by atoms with Crippen LogP contribution in [0.3, 0.4) is 0 Å². The zero-order valence-corrected chi connectivity index (χ0v) is 15.8. The molecule has 4 nitrogen and oxygen atoms in total. The fourth-order valence-electron chi connectivity index (χ4n) is 2.56. The van der Waals surface area contributed by atoms with E-state index >= 15 is 0 Å². The van der Waals surface area contributed by atoms with Gasteiger partial charge in [-0.1, -0.05) is 48.5 Å². The van der Waals surface area contributed by atoms with Crippen molar-refractivity contribution in [3.05, 3.63) is 70.3 Å². The number of ether oxygens (including phenoxy) is 2.